The van der Waals surface area contributed by atoms with E-state index < -0.39 is 7.12 Å². The molecule has 1 fully saturated rings. The van der Waals surface area contributed by atoms with E-state index in [-0.39, 0.29) is 5.82 Å². The summed E-state index contributed by atoms with van der Waals surface area (Å²) in [4.78, 5) is 0. The van der Waals surface area contributed by atoms with E-state index in [0.29, 0.717) is 0 Å². The van der Waals surface area contributed by atoms with Crippen molar-refractivity contribution in [3.05, 3.63) is 0 Å². The molecule has 3 heteroatoms. The van der Waals surface area contributed by atoms with E-state index >= 15 is 0 Å². The quantitative estimate of drug-likeness (QED) is 0.595. The summed E-state index contributed by atoms with van der Waals surface area (Å²) in [5.41, 5.74) is 0. The van der Waals surface area contributed by atoms with Gasteiger partial charge in [0.15, 0.2) is 0 Å². The minimum Gasteiger partial charge on any atom is -0.427 e. The van der Waals surface area contributed by atoms with Crippen LogP contribution in [0.4, 0.5) is 0 Å². The van der Waals surface area contributed by atoms with Gasteiger partial charge < -0.3 is 10.0 Å². The van der Waals surface area contributed by atoms with Crippen LogP contribution >= 0.6 is 0 Å². The Morgan fingerprint density at radius 1 is 0.409 bits per heavy atom. The summed E-state index contributed by atoms with van der Waals surface area (Å²) in [5, 5.41) is 19.0. The second-order valence-electron chi connectivity index (χ2n) is 7.41. The van der Waals surface area contributed by atoms with Crippen molar-refractivity contribution >= 4 is 7.12 Å². The van der Waals surface area contributed by atoms with Crippen LogP contribution in [0.2, 0.25) is 5.82 Å². The fourth-order valence-electron chi connectivity index (χ4n) is 3.73. The molecule has 0 bridgehead atoms. The van der Waals surface area contributed by atoms with E-state index in [0.717, 1.165) is 12.8 Å². The number of rotatable bonds is 1. The van der Waals surface area contributed by atoms with Crippen molar-refractivity contribution < 1.29 is 10.0 Å². The molecule has 2 N–H and O–H groups in total. The standard InChI is InChI=1S/C19H39BO2/c21-20(22)19-17-15-13-11-9-7-5-3-1-2-4-6-8-10-12-14-16-18-19/h19,21-22H,1-18H2. The molecule has 0 saturated heterocycles. The third-order valence-electron chi connectivity index (χ3n) is 5.32. The van der Waals surface area contributed by atoms with Crippen LogP contribution in [0, 0.1) is 0 Å². The summed E-state index contributed by atoms with van der Waals surface area (Å²) in [6.07, 6.45) is 23.6. The Hall–Kier alpha value is -0.0151. The second kappa shape index (κ2) is 14.6. The van der Waals surface area contributed by atoms with Crippen molar-refractivity contribution in [1.29, 1.82) is 0 Å². The van der Waals surface area contributed by atoms with Crippen molar-refractivity contribution in [3.63, 3.8) is 0 Å². The van der Waals surface area contributed by atoms with Gasteiger partial charge in [0.1, 0.15) is 0 Å². The van der Waals surface area contributed by atoms with Crippen molar-refractivity contribution in [2.24, 2.45) is 0 Å². The lowest BCUT2D eigenvalue weighted by molar-refractivity contribution is 0.364. The zero-order chi connectivity index (χ0) is 15.9. The van der Waals surface area contributed by atoms with E-state index in [4.69, 9.17) is 0 Å². The molecule has 130 valence electrons. The predicted molar refractivity (Wildman–Crippen MR) is 97.0 cm³/mol. The monoisotopic (exact) mass is 310 g/mol. The first-order valence-corrected chi connectivity index (χ1v) is 10.2. The van der Waals surface area contributed by atoms with Crippen LogP contribution in [0.1, 0.15) is 116 Å². The van der Waals surface area contributed by atoms with Crippen LogP contribution < -0.4 is 0 Å². The molecule has 0 unspecified atom stereocenters. The summed E-state index contributed by atoms with van der Waals surface area (Å²) in [6.45, 7) is 0. The van der Waals surface area contributed by atoms with Gasteiger partial charge in [0.2, 0.25) is 0 Å². The third kappa shape index (κ3) is 11.5. The molecule has 0 radical (unpaired) electrons. The zero-order valence-corrected chi connectivity index (χ0v) is 14.8. The fourth-order valence-corrected chi connectivity index (χ4v) is 3.73. The van der Waals surface area contributed by atoms with Gasteiger partial charge in [-0.3, -0.25) is 0 Å². The Balaban J connectivity index is 2.21. The first-order valence-electron chi connectivity index (χ1n) is 10.2. The van der Waals surface area contributed by atoms with Gasteiger partial charge in [-0.1, -0.05) is 116 Å². The number of hydrogen-bond donors (Lipinski definition) is 2. The summed E-state index contributed by atoms with van der Waals surface area (Å²) < 4.78 is 0. The van der Waals surface area contributed by atoms with Crippen molar-refractivity contribution in [3.8, 4) is 0 Å². The summed E-state index contributed by atoms with van der Waals surface area (Å²) in [5.74, 6) is 0.113. The summed E-state index contributed by atoms with van der Waals surface area (Å²) in [7, 11) is -1.10. The minimum absolute atomic E-state index is 0.113. The van der Waals surface area contributed by atoms with E-state index in [1.165, 1.54) is 103 Å². The van der Waals surface area contributed by atoms with Gasteiger partial charge in [-0.25, -0.2) is 0 Å². The lowest BCUT2D eigenvalue weighted by Crippen LogP contribution is -2.20. The molecule has 0 heterocycles. The maximum atomic E-state index is 9.52. The average molecular weight is 310 g/mol. The highest BCUT2D eigenvalue weighted by molar-refractivity contribution is 6.43. The van der Waals surface area contributed by atoms with Gasteiger partial charge in [-0.15, -0.1) is 0 Å². The Morgan fingerprint density at radius 3 is 0.864 bits per heavy atom. The van der Waals surface area contributed by atoms with E-state index in [1.54, 1.807) is 0 Å². The van der Waals surface area contributed by atoms with Gasteiger partial charge >= 0.3 is 7.12 Å². The highest BCUT2D eigenvalue weighted by Crippen LogP contribution is 2.25. The molecule has 0 aliphatic heterocycles. The van der Waals surface area contributed by atoms with Crippen LogP contribution in [-0.2, 0) is 0 Å². The zero-order valence-electron chi connectivity index (χ0n) is 14.8. The van der Waals surface area contributed by atoms with Crippen LogP contribution in [0.15, 0.2) is 0 Å². The molecular weight excluding hydrogens is 271 g/mol. The van der Waals surface area contributed by atoms with Crippen LogP contribution in [0.5, 0.6) is 0 Å². The first-order chi connectivity index (χ1) is 10.8. The van der Waals surface area contributed by atoms with E-state index in [1.807, 2.05) is 0 Å². The molecule has 1 aliphatic carbocycles. The van der Waals surface area contributed by atoms with Gasteiger partial charge in [0.25, 0.3) is 0 Å². The van der Waals surface area contributed by atoms with Gasteiger partial charge in [0, 0.05) is 0 Å². The second-order valence-corrected chi connectivity index (χ2v) is 7.41. The summed E-state index contributed by atoms with van der Waals surface area (Å²) >= 11 is 0. The van der Waals surface area contributed by atoms with Crippen molar-refractivity contribution in [2.75, 3.05) is 0 Å². The molecule has 0 aromatic heterocycles. The molecule has 22 heavy (non-hydrogen) atoms. The molecule has 0 amide bonds. The molecular formula is C19H39BO2. The van der Waals surface area contributed by atoms with Crippen molar-refractivity contribution in [1.82, 2.24) is 0 Å². The first kappa shape index (κ1) is 20.0. The van der Waals surface area contributed by atoms with Gasteiger partial charge in [-0.05, 0) is 5.82 Å². The lowest BCUT2D eigenvalue weighted by Gasteiger charge is -2.15. The SMILES string of the molecule is OB(O)C1CCCCCCCCCCCCCCCCCC1. The fraction of sp³-hybridized carbons (Fsp3) is 1.00. The normalized spacial score (nSPS) is 23.2. The summed E-state index contributed by atoms with van der Waals surface area (Å²) in [6, 6.07) is 0. The Morgan fingerprint density at radius 2 is 0.636 bits per heavy atom. The molecule has 0 spiro atoms. The molecule has 1 rings (SSSR count). The van der Waals surface area contributed by atoms with Crippen LogP contribution in [-0.4, -0.2) is 17.2 Å². The third-order valence-corrected chi connectivity index (χ3v) is 5.32. The smallest absolute Gasteiger partial charge is 0.427 e. The molecule has 1 saturated carbocycles. The molecule has 0 aromatic rings. The molecule has 0 aromatic carbocycles. The van der Waals surface area contributed by atoms with Gasteiger partial charge in [0.05, 0.1) is 0 Å². The largest absolute Gasteiger partial charge is 0.454 e. The maximum absolute atomic E-state index is 9.52. The van der Waals surface area contributed by atoms with E-state index in [9.17, 15) is 10.0 Å². The number of hydrogen-bond acceptors (Lipinski definition) is 2. The molecule has 0 atom stereocenters. The highest BCUT2D eigenvalue weighted by Gasteiger charge is 2.21. The van der Waals surface area contributed by atoms with Gasteiger partial charge in [-0.2, -0.15) is 0 Å². The Bertz CT molecular complexity index is 213. The predicted octanol–water partition coefficient (Wildman–Crippen LogP) is 5.86. The molecule has 2 nitrogen and oxygen atoms in total. The van der Waals surface area contributed by atoms with Crippen molar-refractivity contribution in [2.45, 2.75) is 121 Å². The topological polar surface area (TPSA) is 40.5 Å². The average Bonchev–Trinajstić information content (AvgIpc) is 2.50. The highest BCUT2D eigenvalue weighted by atomic mass is 16.4. The molecule has 1 aliphatic rings. The Labute approximate surface area is 139 Å². The van der Waals surface area contributed by atoms with Crippen LogP contribution in [0.3, 0.4) is 0 Å². The van der Waals surface area contributed by atoms with E-state index in [2.05, 4.69) is 0 Å². The van der Waals surface area contributed by atoms with Crippen LogP contribution in [0.25, 0.3) is 0 Å². The lowest BCUT2D eigenvalue weighted by atomic mass is 9.67. The minimum atomic E-state index is -1.10. The maximum Gasteiger partial charge on any atom is 0.454 e. The Kier molecular flexibility index (Phi) is 13.3.